The van der Waals surface area contributed by atoms with Crippen LogP contribution in [0.25, 0.3) is 0 Å². The Kier molecular flexibility index (Phi) is 32.1. The SMILES string of the molecule is CCCCCCCCCCCCCCCCCCCCCC(=O)OCCOCC[N+](CC)(CC)CC.[Br-]. The maximum Gasteiger partial charge on any atom is 0.305 e. The second-order valence-corrected chi connectivity index (χ2v) is 11.0. The number of nitrogens with zero attached hydrogens (tertiary/aromatic N) is 1. The molecular formula is C32H66BrNO3. The van der Waals surface area contributed by atoms with E-state index in [1.165, 1.54) is 109 Å². The summed E-state index contributed by atoms with van der Waals surface area (Å²) >= 11 is 0. The summed E-state index contributed by atoms with van der Waals surface area (Å²) in [6.07, 6.45) is 26.6. The van der Waals surface area contributed by atoms with Crippen molar-refractivity contribution in [1.29, 1.82) is 0 Å². The van der Waals surface area contributed by atoms with Crippen molar-refractivity contribution >= 4 is 5.97 Å². The normalized spacial score (nSPS) is 11.5. The lowest BCUT2D eigenvalue weighted by atomic mass is 10.0. The molecule has 5 heteroatoms. The summed E-state index contributed by atoms with van der Waals surface area (Å²) < 4.78 is 12.1. The zero-order valence-electron chi connectivity index (χ0n) is 25.6. The minimum Gasteiger partial charge on any atom is -1.00 e. The van der Waals surface area contributed by atoms with Crippen LogP contribution in [0.1, 0.15) is 156 Å². The summed E-state index contributed by atoms with van der Waals surface area (Å²) in [7, 11) is 0. The Morgan fingerprint density at radius 3 is 1.27 bits per heavy atom. The Labute approximate surface area is 243 Å². The summed E-state index contributed by atoms with van der Waals surface area (Å²) in [5.74, 6) is -0.0635. The fraction of sp³-hybridized carbons (Fsp3) is 0.969. The molecule has 0 radical (unpaired) electrons. The molecule has 0 saturated carbocycles. The number of halogens is 1. The van der Waals surface area contributed by atoms with Crippen LogP contribution in [0.4, 0.5) is 0 Å². The van der Waals surface area contributed by atoms with Gasteiger partial charge in [0.2, 0.25) is 0 Å². The van der Waals surface area contributed by atoms with Crippen molar-refractivity contribution in [2.45, 2.75) is 156 Å². The van der Waals surface area contributed by atoms with E-state index in [1.54, 1.807) is 0 Å². The van der Waals surface area contributed by atoms with Gasteiger partial charge in [0, 0.05) is 6.42 Å². The zero-order valence-corrected chi connectivity index (χ0v) is 27.2. The van der Waals surface area contributed by atoms with Crippen LogP contribution < -0.4 is 17.0 Å². The van der Waals surface area contributed by atoms with Gasteiger partial charge in [-0.3, -0.25) is 4.79 Å². The van der Waals surface area contributed by atoms with Crippen LogP contribution in [0.5, 0.6) is 0 Å². The Balaban J connectivity index is 0. The standard InChI is InChI=1S/C32H66NO3.BrH/c1-5-9-10-11-12-13-14-15-16-17-18-19-20-21-22-23-24-25-26-27-32(34)36-31-30-35-29-28-33(6-2,7-3)8-4;/h5-31H2,1-4H3;1H/q+1;/p-1. The van der Waals surface area contributed by atoms with Crippen LogP contribution in [0.15, 0.2) is 0 Å². The van der Waals surface area contributed by atoms with Gasteiger partial charge in [0.25, 0.3) is 0 Å². The topological polar surface area (TPSA) is 35.5 Å². The van der Waals surface area contributed by atoms with E-state index in [1.807, 2.05) is 0 Å². The van der Waals surface area contributed by atoms with Crippen LogP contribution in [0.2, 0.25) is 0 Å². The summed E-state index contributed by atoms with van der Waals surface area (Å²) in [6, 6.07) is 0. The molecule has 0 spiro atoms. The van der Waals surface area contributed by atoms with Crippen molar-refractivity contribution in [3.8, 4) is 0 Å². The van der Waals surface area contributed by atoms with E-state index in [9.17, 15) is 4.79 Å². The van der Waals surface area contributed by atoms with Crippen LogP contribution in [-0.2, 0) is 14.3 Å². The van der Waals surface area contributed by atoms with Crippen LogP contribution in [0.3, 0.4) is 0 Å². The largest absolute Gasteiger partial charge is 1.00 e. The first-order valence-corrected chi connectivity index (χ1v) is 16.2. The third kappa shape index (κ3) is 25.9. The predicted molar refractivity (Wildman–Crippen MR) is 157 cm³/mol. The van der Waals surface area contributed by atoms with Gasteiger partial charge < -0.3 is 30.9 Å². The smallest absolute Gasteiger partial charge is 0.305 e. The number of likely N-dealkylation sites (N-methyl/N-ethyl adjacent to an activating group) is 1. The van der Waals surface area contributed by atoms with Crippen LogP contribution in [0, 0.1) is 0 Å². The minimum absolute atomic E-state index is 0. The Hall–Kier alpha value is -0.130. The van der Waals surface area contributed by atoms with Gasteiger partial charge in [-0.2, -0.15) is 0 Å². The number of ether oxygens (including phenoxy) is 2. The van der Waals surface area contributed by atoms with Gasteiger partial charge in [-0.05, 0) is 27.2 Å². The molecule has 224 valence electrons. The van der Waals surface area contributed by atoms with Crippen molar-refractivity contribution in [1.82, 2.24) is 0 Å². The van der Waals surface area contributed by atoms with Crippen molar-refractivity contribution < 1.29 is 35.7 Å². The maximum atomic E-state index is 11.9. The number of rotatable bonds is 29. The predicted octanol–water partition coefficient (Wildman–Crippen LogP) is 6.25. The molecule has 0 bridgehead atoms. The second kappa shape index (κ2) is 30.4. The highest BCUT2D eigenvalue weighted by Crippen LogP contribution is 2.15. The fourth-order valence-electron chi connectivity index (χ4n) is 5.14. The quantitative estimate of drug-likeness (QED) is 0.0586. The zero-order chi connectivity index (χ0) is 26.6. The number of quaternary nitrogens is 1. The number of carbonyl (C=O) groups excluding carboxylic acids is 1. The third-order valence-electron chi connectivity index (χ3n) is 8.20. The van der Waals surface area contributed by atoms with Crippen molar-refractivity contribution in [2.24, 2.45) is 0 Å². The number of carbonyl (C=O) groups is 1. The first-order chi connectivity index (χ1) is 17.6. The molecule has 0 amide bonds. The summed E-state index contributed by atoms with van der Waals surface area (Å²) in [5.41, 5.74) is 0. The van der Waals surface area contributed by atoms with Crippen LogP contribution in [-0.4, -0.2) is 56.5 Å². The number of esters is 1. The van der Waals surface area contributed by atoms with E-state index in [-0.39, 0.29) is 23.0 Å². The first-order valence-electron chi connectivity index (χ1n) is 16.2. The number of unbranched alkanes of at least 4 members (excludes halogenated alkanes) is 18. The molecule has 0 atom stereocenters. The van der Waals surface area contributed by atoms with E-state index in [0.717, 1.165) is 50.1 Å². The third-order valence-corrected chi connectivity index (χ3v) is 8.20. The molecule has 0 heterocycles. The average Bonchev–Trinajstić information content (AvgIpc) is 2.90. The Morgan fingerprint density at radius 1 is 0.514 bits per heavy atom. The van der Waals surface area contributed by atoms with Gasteiger partial charge in [-0.1, -0.05) is 122 Å². The molecule has 0 saturated heterocycles. The van der Waals surface area contributed by atoms with Crippen molar-refractivity contribution in [2.75, 3.05) is 46.0 Å². The first kappa shape index (κ1) is 39.0. The fourth-order valence-corrected chi connectivity index (χ4v) is 5.14. The molecule has 0 aliphatic rings. The molecule has 0 fully saturated rings. The Morgan fingerprint density at radius 2 is 0.892 bits per heavy atom. The van der Waals surface area contributed by atoms with Gasteiger partial charge in [-0.25, -0.2) is 0 Å². The highest BCUT2D eigenvalue weighted by molar-refractivity contribution is 5.69. The highest BCUT2D eigenvalue weighted by Gasteiger charge is 2.19. The molecule has 0 rings (SSSR count). The maximum absolute atomic E-state index is 11.9. The second-order valence-electron chi connectivity index (χ2n) is 11.0. The molecule has 0 unspecified atom stereocenters. The summed E-state index contributed by atoms with van der Waals surface area (Å²) in [6.45, 7) is 15.1. The summed E-state index contributed by atoms with van der Waals surface area (Å²) in [4.78, 5) is 11.9. The van der Waals surface area contributed by atoms with Gasteiger partial charge >= 0.3 is 5.97 Å². The van der Waals surface area contributed by atoms with Gasteiger partial charge in [-0.15, -0.1) is 0 Å². The van der Waals surface area contributed by atoms with Crippen molar-refractivity contribution in [3.63, 3.8) is 0 Å². The van der Waals surface area contributed by atoms with E-state index < -0.39 is 0 Å². The molecule has 0 aromatic rings. The molecular weight excluding hydrogens is 526 g/mol. The molecule has 0 aromatic carbocycles. The summed E-state index contributed by atoms with van der Waals surface area (Å²) in [5, 5.41) is 0. The Bertz CT molecular complexity index is 449. The number of hydrogen-bond donors (Lipinski definition) is 0. The number of hydrogen-bond acceptors (Lipinski definition) is 3. The molecule has 0 N–H and O–H groups in total. The molecule has 0 aliphatic carbocycles. The van der Waals surface area contributed by atoms with Crippen LogP contribution >= 0.6 is 0 Å². The van der Waals surface area contributed by atoms with E-state index in [4.69, 9.17) is 9.47 Å². The molecule has 0 aliphatic heterocycles. The molecule has 4 nitrogen and oxygen atoms in total. The monoisotopic (exact) mass is 591 g/mol. The lowest BCUT2D eigenvalue weighted by molar-refractivity contribution is -0.923. The highest BCUT2D eigenvalue weighted by atomic mass is 79.9. The van der Waals surface area contributed by atoms with E-state index >= 15 is 0 Å². The molecule has 0 aromatic heterocycles. The van der Waals surface area contributed by atoms with Gasteiger partial charge in [0.1, 0.15) is 13.2 Å². The van der Waals surface area contributed by atoms with Gasteiger partial charge in [0.15, 0.2) is 0 Å². The van der Waals surface area contributed by atoms with E-state index in [0.29, 0.717) is 19.6 Å². The lowest BCUT2D eigenvalue weighted by Crippen LogP contribution is -3.00. The minimum atomic E-state index is -0.0635. The molecule has 37 heavy (non-hydrogen) atoms. The average molecular weight is 593 g/mol. The lowest BCUT2D eigenvalue weighted by Gasteiger charge is -2.35. The van der Waals surface area contributed by atoms with E-state index in [2.05, 4.69) is 27.7 Å². The van der Waals surface area contributed by atoms with Gasteiger partial charge in [0.05, 0.1) is 32.8 Å². The van der Waals surface area contributed by atoms with Crippen molar-refractivity contribution in [3.05, 3.63) is 0 Å².